The zero-order valence-electron chi connectivity index (χ0n) is 33.4. The molecular weight excluding hydrogens is 647 g/mol. The minimum Gasteiger partial charge on any atom is -0.756 e. The Balaban J connectivity index is 4.40. The minimum absolute atomic E-state index is 0.00198. The lowest BCUT2D eigenvalue weighted by Crippen LogP contribution is -2.45. The third kappa shape index (κ3) is 35.4. The smallest absolute Gasteiger partial charge is 0.268 e. The van der Waals surface area contributed by atoms with Crippen LogP contribution in [-0.2, 0) is 18.4 Å². The van der Waals surface area contributed by atoms with E-state index in [0.29, 0.717) is 17.4 Å². The maximum absolute atomic E-state index is 12.8. The summed E-state index contributed by atoms with van der Waals surface area (Å²) in [5.41, 5.74) is 0. The number of likely N-dealkylation sites (N-methyl/N-ethyl adjacent to an activating group) is 1. The van der Waals surface area contributed by atoms with Gasteiger partial charge < -0.3 is 28.8 Å². The number of phosphoric ester groups is 1. The quantitative estimate of drug-likeness (QED) is 0.0285. The molecule has 2 N–H and O–H groups in total. The highest BCUT2D eigenvalue weighted by molar-refractivity contribution is 7.45. The van der Waals surface area contributed by atoms with Crippen molar-refractivity contribution < 1.29 is 32.9 Å². The van der Waals surface area contributed by atoms with Crippen LogP contribution in [0.5, 0.6) is 0 Å². The SMILES string of the molecule is CCCCCCCCCC/C=C/C(O)C(COP(=O)([O-])OCC[N+](C)(C)C)NC(=O)CCCCCCC/C=C\CCCCCCCCCCC. The summed E-state index contributed by atoms with van der Waals surface area (Å²) in [7, 11) is 1.25. The number of unbranched alkanes of at least 4 members (excludes halogenated alkanes) is 22. The molecule has 3 atom stereocenters. The van der Waals surface area contributed by atoms with Gasteiger partial charge in [0.1, 0.15) is 13.2 Å². The monoisotopic (exact) mass is 729 g/mol. The van der Waals surface area contributed by atoms with Gasteiger partial charge in [0, 0.05) is 6.42 Å². The van der Waals surface area contributed by atoms with Gasteiger partial charge >= 0.3 is 0 Å². The van der Waals surface area contributed by atoms with Crippen molar-refractivity contribution in [3.63, 3.8) is 0 Å². The molecule has 0 rings (SSSR count). The van der Waals surface area contributed by atoms with E-state index >= 15 is 0 Å². The van der Waals surface area contributed by atoms with Crippen molar-refractivity contribution in [3.05, 3.63) is 24.3 Å². The van der Waals surface area contributed by atoms with Crippen molar-refractivity contribution in [2.24, 2.45) is 0 Å². The molecule has 0 saturated carbocycles. The van der Waals surface area contributed by atoms with Gasteiger partial charge in [-0.15, -0.1) is 0 Å². The zero-order chi connectivity index (χ0) is 37.2. The lowest BCUT2D eigenvalue weighted by Gasteiger charge is -2.29. The Kier molecular flexibility index (Phi) is 33.1. The summed E-state index contributed by atoms with van der Waals surface area (Å²) in [5.74, 6) is -0.208. The first kappa shape index (κ1) is 49.0. The van der Waals surface area contributed by atoms with Crippen molar-refractivity contribution >= 4 is 13.7 Å². The summed E-state index contributed by atoms with van der Waals surface area (Å²) in [5, 5.41) is 13.7. The van der Waals surface area contributed by atoms with Crippen molar-refractivity contribution in [2.75, 3.05) is 40.9 Å². The molecule has 0 aliphatic rings. The number of amides is 1. The molecule has 1 amide bonds. The summed E-state index contributed by atoms with van der Waals surface area (Å²) < 4.78 is 23.1. The number of rotatable bonds is 37. The second-order valence-corrected chi connectivity index (χ2v) is 16.8. The van der Waals surface area contributed by atoms with Gasteiger partial charge in [-0.25, -0.2) is 0 Å². The van der Waals surface area contributed by atoms with E-state index in [2.05, 4.69) is 31.3 Å². The Morgan fingerprint density at radius 3 is 1.56 bits per heavy atom. The fourth-order valence-electron chi connectivity index (χ4n) is 5.79. The van der Waals surface area contributed by atoms with E-state index in [-0.39, 0.29) is 19.1 Å². The number of phosphoric acid groups is 1. The van der Waals surface area contributed by atoms with E-state index < -0.39 is 20.0 Å². The van der Waals surface area contributed by atoms with Crippen LogP contribution >= 0.6 is 7.82 Å². The number of aliphatic hydroxyl groups is 1. The molecule has 0 saturated heterocycles. The van der Waals surface area contributed by atoms with Crippen LogP contribution in [0.4, 0.5) is 0 Å². The standard InChI is InChI=1S/C41H81N2O6P/c1-6-8-10-12-14-16-18-19-20-21-22-23-24-25-27-29-31-33-35-41(45)42-39(38-49-50(46,47)48-37-36-43(3,4)5)40(44)34-32-30-28-26-17-15-13-11-9-7-2/h22-23,32,34,39-40,44H,6-21,24-31,33,35-38H2,1-5H3,(H-,42,45,46,47)/b23-22-,34-32+. The molecule has 50 heavy (non-hydrogen) atoms. The van der Waals surface area contributed by atoms with Gasteiger partial charge in [0.05, 0.1) is 39.9 Å². The van der Waals surface area contributed by atoms with Gasteiger partial charge in [-0.3, -0.25) is 9.36 Å². The van der Waals surface area contributed by atoms with Crippen LogP contribution in [0.2, 0.25) is 0 Å². The lowest BCUT2D eigenvalue weighted by molar-refractivity contribution is -0.870. The number of hydrogen-bond acceptors (Lipinski definition) is 6. The normalized spacial score (nSPS) is 14.8. The van der Waals surface area contributed by atoms with Crippen LogP contribution in [0.1, 0.15) is 181 Å². The topological polar surface area (TPSA) is 108 Å². The van der Waals surface area contributed by atoms with Crippen LogP contribution in [-0.4, -0.2) is 68.5 Å². The van der Waals surface area contributed by atoms with Gasteiger partial charge in [0.2, 0.25) is 5.91 Å². The molecule has 0 spiro atoms. The summed E-state index contributed by atoms with van der Waals surface area (Å²) in [6.45, 7) is 4.61. The van der Waals surface area contributed by atoms with E-state index in [9.17, 15) is 19.4 Å². The summed E-state index contributed by atoms with van der Waals surface area (Å²) in [6.07, 6.45) is 37.9. The largest absolute Gasteiger partial charge is 0.756 e. The number of hydrogen-bond donors (Lipinski definition) is 2. The third-order valence-corrected chi connectivity index (χ3v) is 10.1. The molecule has 296 valence electrons. The van der Waals surface area contributed by atoms with Crippen LogP contribution in [0, 0.1) is 0 Å². The Morgan fingerprint density at radius 2 is 1.10 bits per heavy atom. The fourth-order valence-corrected chi connectivity index (χ4v) is 6.52. The number of nitrogens with one attached hydrogen (secondary N) is 1. The minimum atomic E-state index is -4.58. The number of nitrogens with zero attached hydrogens (tertiary/aromatic N) is 1. The third-order valence-electron chi connectivity index (χ3n) is 9.16. The molecule has 0 fully saturated rings. The first-order valence-electron chi connectivity index (χ1n) is 20.7. The second kappa shape index (κ2) is 33.8. The molecule has 3 unspecified atom stereocenters. The van der Waals surface area contributed by atoms with Crippen molar-refractivity contribution in [2.45, 2.75) is 193 Å². The molecule has 0 bridgehead atoms. The number of aliphatic hydroxyl groups excluding tert-OH is 1. The van der Waals surface area contributed by atoms with Crippen LogP contribution in [0.3, 0.4) is 0 Å². The summed E-state index contributed by atoms with van der Waals surface area (Å²) in [6, 6.07) is -0.885. The summed E-state index contributed by atoms with van der Waals surface area (Å²) in [4.78, 5) is 25.2. The van der Waals surface area contributed by atoms with Crippen molar-refractivity contribution in [3.8, 4) is 0 Å². The first-order valence-corrected chi connectivity index (χ1v) is 22.2. The van der Waals surface area contributed by atoms with Gasteiger partial charge in [0.15, 0.2) is 0 Å². The molecule has 0 heterocycles. The highest BCUT2D eigenvalue weighted by atomic mass is 31.2. The number of carbonyl (C=O) groups is 1. The van der Waals surface area contributed by atoms with E-state index in [1.165, 1.54) is 109 Å². The zero-order valence-corrected chi connectivity index (χ0v) is 34.2. The van der Waals surface area contributed by atoms with Gasteiger partial charge in [0.25, 0.3) is 7.82 Å². The van der Waals surface area contributed by atoms with Gasteiger partial charge in [-0.2, -0.15) is 0 Å². The van der Waals surface area contributed by atoms with Gasteiger partial charge in [-0.1, -0.05) is 154 Å². The van der Waals surface area contributed by atoms with E-state index in [0.717, 1.165) is 51.4 Å². The predicted molar refractivity (Wildman–Crippen MR) is 210 cm³/mol. The molecule has 0 aromatic heterocycles. The molecule has 0 aromatic rings. The first-order chi connectivity index (χ1) is 24.0. The molecule has 0 aromatic carbocycles. The molecule has 9 heteroatoms. The van der Waals surface area contributed by atoms with E-state index in [1.54, 1.807) is 6.08 Å². The Labute approximate surface area is 309 Å². The Hall–Kier alpha value is -1.02. The lowest BCUT2D eigenvalue weighted by atomic mass is 10.1. The number of allylic oxidation sites excluding steroid dienone is 3. The molecule has 0 aliphatic carbocycles. The number of carbonyl (C=O) groups excluding carboxylic acids is 1. The van der Waals surface area contributed by atoms with Crippen molar-refractivity contribution in [1.82, 2.24) is 5.32 Å². The van der Waals surface area contributed by atoms with E-state index in [4.69, 9.17) is 9.05 Å². The average molecular weight is 729 g/mol. The Morgan fingerprint density at radius 1 is 0.680 bits per heavy atom. The Bertz CT molecular complexity index is 876. The number of quaternary nitrogens is 1. The van der Waals surface area contributed by atoms with E-state index in [1.807, 2.05) is 27.2 Å². The highest BCUT2D eigenvalue weighted by Crippen LogP contribution is 2.38. The maximum atomic E-state index is 12.8. The highest BCUT2D eigenvalue weighted by Gasteiger charge is 2.23. The predicted octanol–water partition coefficient (Wildman–Crippen LogP) is 10.3. The summed E-state index contributed by atoms with van der Waals surface area (Å²) >= 11 is 0. The molecule has 0 aliphatic heterocycles. The maximum Gasteiger partial charge on any atom is 0.268 e. The average Bonchev–Trinajstić information content (AvgIpc) is 3.06. The van der Waals surface area contributed by atoms with Crippen LogP contribution in [0.25, 0.3) is 0 Å². The molecule has 8 nitrogen and oxygen atoms in total. The second-order valence-electron chi connectivity index (χ2n) is 15.3. The van der Waals surface area contributed by atoms with Crippen molar-refractivity contribution in [1.29, 1.82) is 0 Å². The molecular formula is C41H81N2O6P. The van der Waals surface area contributed by atoms with Crippen LogP contribution in [0.15, 0.2) is 24.3 Å². The van der Waals surface area contributed by atoms with Crippen LogP contribution < -0.4 is 10.2 Å². The van der Waals surface area contributed by atoms with Gasteiger partial charge in [-0.05, 0) is 44.9 Å². The fraction of sp³-hybridized carbons (Fsp3) is 0.878. The molecule has 0 radical (unpaired) electrons.